The first-order valence-corrected chi connectivity index (χ1v) is 12.8. The number of carbonyl (C=O) groups excluding carboxylic acids is 3. The Balaban J connectivity index is 1.75. The van der Waals surface area contributed by atoms with Gasteiger partial charge in [0.05, 0.1) is 17.9 Å². The molecule has 0 saturated heterocycles. The van der Waals surface area contributed by atoms with Crippen LogP contribution in [0.1, 0.15) is 65.3 Å². The zero-order chi connectivity index (χ0) is 28.6. The van der Waals surface area contributed by atoms with Gasteiger partial charge in [0.15, 0.2) is 0 Å². The van der Waals surface area contributed by atoms with E-state index in [1.807, 2.05) is 69.3 Å². The minimum atomic E-state index is -0.654. The molecule has 1 atom stereocenters. The summed E-state index contributed by atoms with van der Waals surface area (Å²) in [6, 6.07) is 18.3. The van der Waals surface area contributed by atoms with Crippen LogP contribution in [0.25, 0.3) is 11.1 Å². The molecular weight excluding hydrogens is 496 g/mol. The van der Waals surface area contributed by atoms with Gasteiger partial charge in [0.1, 0.15) is 17.6 Å². The maximum absolute atomic E-state index is 12.6. The summed E-state index contributed by atoms with van der Waals surface area (Å²) in [5.41, 5.74) is 2.48. The first kappa shape index (κ1) is 29.3. The van der Waals surface area contributed by atoms with Crippen molar-refractivity contribution in [2.24, 2.45) is 0 Å². The molecular formula is C30H36N4O5. The molecule has 3 rings (SSSR count). The molecule has 2 N–H and O–H groups in total. The number of hydrogen-bond donors (Lipinski definition) is 2. The Hall–Kier alpha value is -4.27. The Morgan fingerprint density at radius 2 is 1.49 bits per heavy atom. The number of carbonyl (C=O) groups is 3. The van der Waals surface area contributed by atoms with Gasteiger partial charge < -0.3 is 20.1 Å². The van der Waals surface area contributed by atoms with Gasteiger partial charge >= 0.3 is 12.1 Å². The van der Waals surface area contributed by atoms with E-state index >= 15 is 0 Å². The fourth-order valence-electron chi connectivity index (χ4n) is 3.70. The monoisotopic (exact) mass is 532 g/mol. The summed E-state index contributed by atoms with van der Waals surface area (Å²) in [6.45, 7) is 10.7. The Labute approximate surface area is 229 Å². The van der Waals surface area contributed by atoms with E-state index in [4.69, 9.17) is 9.47 Å². The number of amides is 2. The van der Waals surface area contributed by atoms with Crippen molar-refractivity contribution in [3.05, 3.63) is 78.1 Å². The van der Waals surface area contributed by atoms with Crippen LogP contribution >= 0.6 is 0 Å². The molecule has 3 aromatic rings. The molecule has 0 saturated carbocycles. The normalized spacial score (nSPS) is 12.3. The number of hydrogen-bond acceptors (Lipinski definition) is 7. The predicted octanol–water partition coefficient (Wildman–Crippen LogP) is 5.62. The number of esters is 1. The molecule has 39 heavy (non-hydrogen) atoms. The van der Waals surface area contributed by atoms with Crippen LogP contribution in [0.5, 0.6) is 0 Å². The smallest absolute Gasteiger partial charge is 0.408 e. The van der Waals surface area contributed by atoms with Crippen molar-refractivity contribution < 1.29 is 23.9 Å². The molecule has 1 unspecified atom stereocenters. The fraction of sp³-hybridized carbons (Fsp3) is 0.367. The van der Waals surface area contributed by atoms with Gasteiger partial charge in [-0.15, -0.1) is 0 Å². The lowest BCUT2D eigenvalue weighted by molar-refractivity contribution is -0.155. The van der Waals surface area contributed by atoms with E-state index in [1.54, 1.807) is 39.1 Å². The van der Waals surface area contributed by atoms with Gasteiger partial charge in [-0.3, -0.25) is 9.59 Å². The fourth-order valence-corrected chi connectivity index (χ4v) is 3.70. The van der Waals surface area contributed by atoms with Crippen LogP contribution in [0.4, 0.5) is 10.5 Å². The summed E-state index contributed by atoms with van der Waals surface area (Å²) < 4.78 is 10.7. The van der Waals surface area contributed by atoms with Crippen LogP contribution in [0.2, 0.25) is 0 Å². The molecule has 9 nitrogen and oxygen atoms in total. The maximum Gasteiger partial charge on any atom is 0.408 e. The van der Waals surface area contributed by atoms with E-state index in [0.717, 1.165) is 16.7 Å². The number of rotatable bonds is 8. The molecule has 1 aromatic heterocycles. The number of aromatic nitrogens is 2. The first-order chi connectivity index (χ1) is 18.3. The minimum absolute atomic E-state index is 0.371. The third-order valence-corrected chi connectivity index (χ3v) is 5.23. The van der Waals surface area contributed by atoms with Gasteiger partial charge in [0.2, 0.25) is 5.91 Å². The lowest BCUT2D eigenvalue weighted by atomic mass is 10.0. The van der Waals surface area contributed by atoms with Crippen LogP contribution in [0, 0.1) is 0 Å². The van der Waals surface area contributed by atoms with Gasteiger partial charge in [0, 0.05) is 11.3 Å². The molecule has 0 bridgehead atoms. The average Bonchev–Trinajstić information content (AvgIpc) is 2.82. The molecule has 1 heterocycles. The Kier molecular flexibility index (Phi) is 9.40. The molecule has 0 aliphatic carbocycles. The second-order valence-corrected chi connectivity index (χ2v) is 11.1. The molecule has 0 radical (unpaired) electrons. The highest BCUT2D eigenvalue weighted by Gasteiger charge is 2.23. The highest BCUT2D eigenvalue weighted by molar-refractivity contribution is 6.02. The number of ether oxygens (including phenoxy) is 2. The highest BCUT2D eigenvalue weighted by atomic mass is 16.6. The third kappa shape index (κ3) is 10.2. The summed E-state index contributed by atoms with van der Waals surface area (Å²) in [5, 5.41) is 14.1. The summed E-state index contributed by atoms with van der Waals surface area (Å²) >= 11 is 0. The average molecular weight is 533 g/mol. The van der Waals surface area contributed by atoms with E-state index in [9.17, 15) is 14.4 Å². The minimum Gasteiger partial charge on any atom is -0.460 e. The summed E-state index contributed by atoms with van der Waals surface area (Å²) in [5.74, 6) is -1.04. The van der Waals surface area contributed by atoms with E-state index in [1.165, 1.54) is 0 Å². The van der Waals surface area contributed by atoms with Crippen LogP contribution in [-0.4, -0.2) is 39.4 Å². The van der Waals surface area contributed by atoms with Gasteiger partial charge in [-0.1, -0.05) is 42.5 Å². The largest absolute Gasteiger partial charge is 0.460 e. The van der Waals surface area contributed by atoms with Gasteiger partial charge in [-0.05, 0) is 77.3 Å². The van der Waals surface area contributed by atoms with Gasteiger partial charge in [-0.2, -0.15) is 10.2 Å². The highest BCUT2D eigenvalue weighted by Crippen LogP contribution is 2.25. The van der Waals surface area contributed by atoms with Crippen LogP contribution < -0.4 is 10.6 Å². The first-order valence-electron chi connectivity index (χ1n) is 12.8. The van der Waals surface area contributed by atoms with Crippen molar-refractivity contribution in [1.82, 2.24) is 15.5 Å². The lowest BCUT2D eigenvalue weighted by Gasteiger charge is -2.23. The third-order valence-electron chi connectivity index (χ3n) is 5.23. The topological polar surface area (TPSA) is 120 Å². The molecule has 0 spiro atoms. The molecule has 0 fully saturated rings. The number of nitrogens with zero attached hydrogens (tertiary/aromatic N) is 2. The van der Waals surface area contributed by atoms with Crippen molar-refractivity contribution in [1.29, 1.82) is 0 Å². The zero-order valence-electron chi connectivity index (χ0n) is 23.3. The SMILES string of the molecule is CC(C)(C)OC(=O)CC(=O)Nc1ccc(-c2cnnc(C(Cc3ccccc3)NC(=O)OC(C)(C)C)c2)cc1. The van der Waals surface area contributed by atoms with E-state index in [2.05, 4.69) is 20.8 Å². The molecule has 0 aliphatic rings. The number of anilines is 1. The van der Waals surface area contributed by atoms with Crippen molar-refractivity contribution in [3.8, 4) is 11.1 Å². The maximum atomic E-state index is 12.6. The summed E-state index contributed by atoms with van der Waals surface area (Å²) in [7, 11) is 0. The number of benzene rings is 2. The van der Waals surface area contributed by atoms with Crippen molar-refractivity contribution in [3.63, 3.8) is 0 Å². The molecule has 0 aliphatic heterocycles. The van der Waals surface area contributed by atoms with Crippen LogP contribution in [-0.2, 0) is 25.5 Å². The van der Waals surface area contributed by atoms with Crippen molar-refractivity contribution >= 4 is 23.7 Å². The second kappa shape index (κ2) is 12.5. The van der Waals surface area contributed by atoms with Crippen LogP contribution in [0.3, 0.4) is 0 Å². The number of alkyl carbamates (subject to hydrolysis) is 1. The van der Waals surface area contributed by atoms with Crippen molar-refractivity contribution in [2.45, 2.75) is 71.6 Å². The van der Waals surface area contributed by atoms with Crippen molar-refractivity contribution in [2.75, 3.05) is 5.32 Å². The van der Waals surface area contributed by atoms with E-state index < -0.39 is 35.2 Å². The predicted molar refractivity (Wildman–Crippen MR) is 149 cm³/mol. The lowest BCUT2D eigenvalue weighted by Crippen LogP contribution is -2.36. The molecule has 206 valence electrons. The Morgan fingerprint density at radius 3 is 2.10 bits per heavy atom. The van der Waals surface area contributed by atoms with Crippen LogP contribution in [0.15, 0.2) is 66.9 Å². The summed E-state index contributed by atoms with van der Waals surface area (Å²) in [6.07, 6.45) is 1.22. The Morgan fingerprint density at radius 1 is 0.846 bits per heavy atom. The standard InChI is InChI=1S/C30H36N4O5/c1-29(2,3)38-27(36)18-26(35)32-23-14-12-21(13-15-23)22-17-25(34-31-19-22)24(16-20-10-8-7-9-11-20)33-28(37)39-30(4,5)6/h7-15,17,19,24H,16,18H2,1-6H3,(H,32,35)(H,33,37). The van der Waals surface area contributed by atoms with Gasteiger partial charge in [0.25, 0.3) is 0 Å². The molecule has 2 aromatic carbocycles. The zero-order valence-corrected chi connectivity index (χ0v) is 23.3. The Bertz CT molecular complexity index is 1280. The molecule has 2 amide bonds. The quantitative estimate of drug-likeness (QED) is 0.285. The van der Waals surface area contributed by atoms with E-state index in [0.29, 0.717) is 17.8 Å². The van der Waals surface area contributed by atoms with E-state index in [-0.39, 0.29) is 6.42 Å². The number of nitrogens with one attached hydrogen (secondary N) is 2. The second-order valence-electron chi connectivity index (χ2n) is 11.1. The van der Waals surface area contributed by atoms with Gasteiger partial charge in [-0.25, -0.2) is 4.79 Å². The summed E-state index contributed by atoms with van der Waals surface area (Å²) in [4.78, 5) is 36.7. The molecule has 9 heteroatoms.